The van der Waals surface area contributed by atoms with Crippen LogP contribution in [-0.4, -0.2) is 30.7 Å². The van der Waals surface area contributed by atoms with Crippen LogP contribution in [0.4, 0.5) is 11.4 Å². The zero-order chi connectivity index (χ0) is 17.3. The van der Waals surface area contributed by atoms with Gasteiger partial charge >= 0.3 is 0 Å². The first kappa shape index (κ1) is 16.4. The minimum absolute atomic E-state index is 0.239. The first-order valence-electron chi connectivity index (χ1n) is 7.47. The van der Waals surface area contributed by atoms with Crippen LogP contribution >= 0.6 is 11.8 Å². The van der Waals surface area contributed by atoms with Crippen molar-refractivity contribution in [2.45, 2.75) is 16.6 Å². The molecule has 1 N–H and O–H groups in total. The third-order valence-corrected chi connectivity index (χ3v) is 5.37. The molecular weight excluding hydrogens is 324 g/mol. The Balaban J connectivity index is 1.86. The number of methoxy groups -OCH3 is 1. The van der Waals surface area contributed by atoms with Crippen LogP contribution in [0, 0.1) is 0 Å². The van der Waals surface area contributed by atoms with E-state index in [1.807, 2.05) is 24.3 Å². The monoisotopic (exact) mass is 342 g/mol. The Bertz CT molecular complexity index is 791. The van der Waals surface area contributed by atoms with Gasteiger partial charge in [-0.2, -0.15) is 0 Å². The lowest BCUT2D eigenvalue weighted by Gasteiger charge is -2.36. The zero-order valence-electron chi connectivity index (χ0n) is 13.7. The number of amides is 2. The lowest BCUT2D eigenvalue weighted by Crippen LogP contribution is -2.53. The number of thioether (sulfide) groups is 1. The highest BCUT2D eigenvalue weighted by atomic mass is 32.2. The smallest absolute Gasteiger partial charge is 0.252 e. The molecular formula is C18H18N2O3S. The molecule has 2 amide bonds. The lowest BCUT2D eigenvalue weighted by atomic mass is 10.1. The van der Waals surface area contributed by atoms with Gasteiger partial charge < -0.3 is 15.0 Å². The Morgan fingerprint density at radius 2 is 1.83 bits per heavy atom. The molecule has 1 atom stereocenters. The van der Waals surface area contributed by atoms with Crippen molar-refractivity contribution in [3.8, 4) is 5.75 Å². The fourth-order valence-corrected chi connectivity index (χ4v) is 3.85. The third kappa shape index (κ3) is 2.73. The van der Waals surface area contributed by atoms with E-state index < -0.39 is 4.75 Å². The fraction of sp³-hybridized carbons (Fsp3) is 0.222. The number of carbonyl (C=O) groups excluding carboxylic acids is 2. The van der Waals surface area contributed by atoms with Crippen molar-refractivity contribution >= 4 is 35.0 Å². The van der Waals surface area contributed by atoms with E-state index in [4.69, 9.17) is 4.74 Å². The van der Waals surface area contributed by atoms with Crippen molar-refractivity contribution in [2.24, 2.45) is 0 Å². The first-order chi connectivity index (χ1) is 11.5. The number of hydrogen-bond donors (Lipinski definition) is 1. The van der Waals surface area contributed by atoms with Crippen molar-refractivity contribution in [3.05, 3.63) is 48.5 Å². The number of fused-ring (bicyclic) bond motifs is 1. The topological polar surface area (TPSA) is 58.6 Å². The number of benzene rings is 2. The Morgan fingerprint density at radius 3 is 2.50 bits per heavy atom. The molecule has 2 aromatic rings. The van der Waals surface area contributed by atoms with Crippen LogP contribution in [0.15, 0.2) is 53.4 Å². The molecule has 3 rings (SSSR count). The molecule has 124 valence electrons. The molecule has 0 radical (unpaired) electrons. The maximum atomic E-state index is 12.8. The average molecular weight is 342 g/mol. The summed E-state index contributed by atoms with van der Waals surface area (Å²) in [6, 6.07) is 14.6. The zero-order valence-corrected chi connectivity index (χ0v) is 14.5. The van der Waals surface area contributed by atoms with Gasteiger partial charge in [0.05, 0.1) is 12.8 Å². The number of hydrogen-bond acceptors (Lipinski definition) is 4. The molecule has 1 heterocycles. The maximum absolute atomic E-state index is 12.8. The van der Waals surface area contributed by atoms with Gasteiger partial charge in [-0.3, -0.25) is 9.59 Å². The first-order valence-corrected chi connectivity index (χ1v) is 8.29. The van der Waals surface area contributed by atoms with Gasteiger partial charge in [-0.05, 0) is 43.3 Å². The number of nitrogens with zero attached hydrogens (tertiary/aromatic N) is 1. The normalized spacial score (nSPS) is 19.6. The van der Waals surface area contributed by atoms with E-state index in [9.17, 15) is 9.59 Å². The highest BCUT2D eigenvalue weighted by Gasteiger charge is 2.48. The quantitative estimate of drug-likeness (QED) is 0.871. The molecule has 6 heteroatoms. The second-order valence-corrected chi connectivity index (χ2v) is 7.11. The van der Waals surface area contributed by atoms with Gasteiger partial charge in [-0.25, -0.2) is 0 Å². The van der Waals surface area contributed by atoms with E-state index in [1.165, 1.54) is 11.8 Å². The van der Waals surface area contributed by atoms with Gasteiger partial charge in [-0.1, -0.05) is 23.9 Å². The van der Waals surface area contributed by atoms with E-state index in [1.54, 1.807) is 50.2 Å². The van der Waals surface area contributed by atoms with Crippen LogP contribution in [-0.2, 0) is 9.59 Å². The van der Waals surface area contributed by atoms with Crippen molar-refractivity contribution in [3.63, 3.8) is 0 Å². The number of nitrogens with one attached hydrogen (secondary N) is 1. The van der Waals surface area contributed by atoms with Gasteiger partial charge in [0.2, 0.25) is 5.91 Å². The standard InChI is InChI=1S/C18H18N2O3S/c1-18(16(21)19-12-8-10-13(23-3)11-9-12)17(22)20(2)14-6-4-5-7-15(14)24-18/h4-11H,1-3H3,(H,19,21)/t18-/m0/s1. The van der Waals surface area contributed by atoms with Gasteiger partial charge in [0.15, 0.2) is 4.75 Å². The van der Waals surface area contributed by atoms with Crippen LogP contribution in [0.5, 0.6) is 5.75 Å². The van der Waals surface area contributed by atoms with Gasteiger partial charge in [0.1, 0.15) is 5.75 Å². The van der Waals surface area contributed by atoms with E-state index in [-0.39, 0.29) is 11.8 Å². The Morgan fingerprint density at radius 1 is 1.17 bits per heavy atom. The Hall–Kier alpha value is -2.47. The summed E-state index contributed by atoms with van der Waals surface area (Å²) in [6.07, 6.45) is 0. The van der Waals surface area contributed by atoms with Gasteiger partial charge in [0.25, 0.3) is 5.91 Å². The summed E-state index contributed by atoms with van der Waals surface area (Å²) in [6.45, 7) is 1.66. The molecule has 0 spiro atoms. The molecule has 0 aliphatic carbocycles. The minimum atomic E-state index is -1.22. The van der Waals surface area contributed by atoms with E-state index in [2.05, 4.69) is 5.32 Å². The van der Waals surface area contributed by atoms with Crippen molar-refractivity contribution in [2.75, 3.05) is 24.4 Å². The number of carbonyl (C=O) groups is 2. The largest absolute Gasteiger partial charge is 0.497 e. The van der Waals surface area contributed by atoms with Crippen molar-refractivity contribution in [1.29, 1.82) is 0 Å². The molecule has 0 fully saturated rings. The maximum Gasteiger partial charge on any atom is 0.252 e. The molecule has 0 unspecified atom stereocenters. The molecule has 0 saturated carbocycles. The summed E-state index contributed by atoms with van der Waals surface area (Å²) in [5, 5.41) is 2.82. The molecule has 1 aliphatic rings. The van der Waals surface area contributed by atoms with Crippen LogP contribution in [0.2, 0.25) is 0 Å². The Labute approximate surface area is 145 Å². The number of ether oxygens (including phenoxy) is 1. The van der Waals surface area contributed by atoms with E-state index in [0.717, 1.165) is 10.6 Å². The predicted octanol–water partition coefficient (Wildman–Crippen LogP) is 3.16. The van der Waals surface area contributed by atoms with E-state index in [0.29, 0.717) is 11.4 Å². The molecule has 1 aliphatic heterocycles. The highest BCUT2D eigenvalue weighted by Crippen LogP contribution is 2.45. The minimum Gasteiger partial charge on any atom is -0.497 e. The van der Waals surface area contributed by atoms with Crippen LogP contribution in [0.1, 0.15) is 6.92 Å². The summed E-state index contributed by atoms with van der Waals surface area (Å²) in [7, 11) is 3.28. The number of para-hydroxylation sites is 1. The molecule has 24 heavy (non-hydrogen) atoms. The second kappa shape index (κ2) is 6.20. The number of anilines is 2. The second-order valence-electron chi connectivity index (χ2n) is 5.65. The fourth-order valence-electron chi connectivity index (χ4n) is 2.58. The number of rotatable bonds is 3. The summed E-state index contributed by atoms with van der Waals surface area (Å²) >= 11 is 1.28. The molecule has 2 aromatic carbocycles. The van der Waals surface area contributed by atoms with Gasteiger partial charge in [0, 0.05) is 17.6 Å². The van der Waals surface area contributed by atoms with E-state index >= 15 is 0 Å². The van der Waals surface area contributed by atoms with Crippen LogP contribution in [0.3, 0.4) is 0 Å². The SMILES string of the molecule is COc1ccc(NC(=O)[C@]2(C)Sc3ccccc3N(C)C2=O)cc1. The van der Waals surface area contributed by atoms with Crippen molar-refractivity contribution < 1.29 is 14.3 Å². The predicted molar refractivity (Wildman–Crippen MR) is 95.7 cm³/mol. The molecule has 0 saturated heterocycles. The van der Waals surface area contributed by atoms with Crippen molar-refractivity contribution in [1.82, 2.24) is 0 Å². The van der Waals surface area contributed by atoms with Crippen LogP contribution in [0.25, 0.3) is 0 Å². The Kier molecular flexibility index (Phi) is 4.24. The molecule has 0 aromatic heterocycles. The third-order valence-electron chi connectivity index (χ3n) is 4.03. The molecule has 5 nitrogen and oxygen atoms in total. The van der Waals surface area contributed by atoms with Gasteiger partial charge in [-0.15, -0.1) is 0 Å². The van der Waals surface area contributed by atoms with Crippen LogP contribution < -0.4 is 15.0 Å². The summed E-state index contributed by atoms with van der Waals surface area (Å²) in [4.78, 5) is 28.0. The highest BCUT2D eigenvalue weighted by molar-refractivity contribution is 8.02. The average Bonchev–Trinajstić information content (AvgIpc) is 2.60. The summed E-state index contributed by atoms with van der Waals surface area (Å²) < 4.78 is 3.88. The molecule has 0 bridgehead atoms. The lowest BCUT2D eigenvalue weighted by molar-refractivity contribution is -0.128. The summed E-state index contributed by atoms with van der Waals surface area (Å²) in [5.74, 6) is 0.122. The summed E-state index contributed by atoms with van der Waals surface area (Å²) in [5.41, 5.74) is 1.44.